The zero-order valence-electron chi connectivity index (χ0n) is 8.35. The van der Waals surface area contributed by atoms with Gasteiger partial charge in [-0.15, -0.1) is 0 Å². The summed E-state index contributed by atoms with van der Waals surface area (Å²) in [5.41, 5.74) is -0.504. The summed E-state index contributed by atoms with van der Waals surface area (Å²) in [5, 5.41) is 3.55. The van der Waals surface area contributed by atoms with Crippen molar-refractivity contribution in [3.8, 4) is 5.82 Å². The van der Waals surface area contributed by atoms with Crippen LogP contribution in [0.3, 0.4) is 0 Å². The van der Waals surface area contributed by atoms with Gasteiger partial charge in [-0.05, 0) is 12.1 Å². The molecule has 0 fully saturated rings. The molecule has 88 valence electrons. The van der Waals surface area contributed by atoms with Gasteiger partial charge in [-0.3, -0.25) is 4.79 Å². The first-order valence-electron chi connectivity index (χ1n) is 4.54. The van der Waals surface area contributed by atoms with Gasteiger partial charge >= 0.3 is 6.18 Å². The van der Waals surface area contributed by atoms with Gasteiger partial charge in [0.25, 0.3) is 0 Å². The number of pyridine rings is 1. The predicted molar refractivity (Wildman–Crippen MR) is 51.7 cm³/mol. The number of alkyl halides is 3. The van der Waals surface area contributed by atoms with Crippen molar-refractivity contribution in [2.45, 2.75) is 6.18 Å². The first kappa shape index (κ1) is 11.3. The molecule has 0 aromatic carbocycles. The van der Waals surface area contributed by atoms with Gasteiger partial charge in [-0.25, -0.2) is 9.67 Å². The molecular formula is C10H6F3N3O. The van der Waals surface area contributed by atoms with E-state index >= 15 is 0 Å². The molecule has 0 aliphatic carbocycles. The third-order valence-corrected chi connectivity index (χ3v) is 2.05. The third-order valence-electron chi connectivity index (χ3n) is 2.05. The van der Waals surface area contributed by atoms with Crippen LogP contribution in [0.4, 0.5) is 13.2 Å². The Morgan fingerprint density at radius 2 is 2.00 bits per heavy atom. The standard InChI is InChI=1S/C10H6F3N3O/c11-10(12,13)8-4-15-16(5-8)9-2-1-7(6-17)3-14-9/h1-6H. The van der Waals surface area contributed by atoms with Crippen LogP contribution in [-0.2, 0) is 6.18 Å². The van der Waals surface area contributed by atoms with Crippen LogP contribution in [0.5, 0.6) is 0 Å². The van der Waals surface area contributed by atoms with Crippen molar-refractivity contribution in [2.24, 2.45) is 0 Å². The highest BCUT2D eigenvalue weighted by Gasteiger charge is 2.32. The molecule has 0 aliphatic rings. The maximum absolute atomic E-state index is 12.3. The molecule has 0 spiro atoms. The molecule has 0 saturated heterocycles. The maximum Gasteiger partial charge on any atom is 0.419 e. The summed E-state index contributed by atoms with van der Waals surface area (Å²) >= 11 is 0. The van der Waals surface area contributed by atoms with Gasteiger partial charge in [-0.2, -0.15) is 18.3 Å². The average Bonchev–Trinajstić information content (AvgIpc) is 2.78. The van der Waals surface area contributed by atoms with Crippen LogP contribution in [-0.4, -0.2) is 21.1 Å². The van der Waals surface area contributed by atoms with Gasteiger partial charge in [-0.1, -0.05) is 0 Å². The lowest BCUT2D eigenvalue weighted by Crippen LogP contribution is -2.03. The number of carbonyl (C=O) groups excluding carboxylic acids is 1. The molecule has 0 atom stereocenters. The van der Waals surface area contributed by atoms with Gasteiger partial charge < -0.3 is 0 Å². The minimum atomic E-state index is -4.43. The molecule has 0 N–H and O–H groups in total. The van der Waals surface area contributed by atoms with Gasteiger partial charge in [0.1, 0.15) is 0 Å². The SMILES string of the molecule is O=Cc1ccc(-n2cc(C(F)(F)F)cn2)nc1. The normalized spacial score (nSPS) is 11.5. The van der Waals surface area contributed by atoms with Crippen molar-refractivity contribution in [2.75, 3.05) is 0 Å². The monoisotopic (exact) mass is 241 g/mol. The van der Waals surface area contributed by atoms with Crippen molar-refractivity contribution in [1.29, 1.82) is 0 Å². The molecule has 2 aromatic heterocycles. The minimum Gasteiger partial charge on any atom is -0.298 e. The van der Waals surface area contributed by atoms with Crippen LogP contribution < -0.4 is 0 Å². The first-order valence-corrected chi connectivity index (χ1v) is 4.54. The Hall–Kier alpha value is -2.18. The Kier molecular flexibility index (Phi) is 2.66. The molecular weight excluding hydrogens is 235 g/mol. The molecule has 7 heteroatoms. The van der Waals surface area contributed by atoms with Crippen LogP contribution in [0.2, 0.25) is 0 Å². The molecule has 0 unspecified atom stereocenters. The van der Waals surface area contributed by atoms with E-state index in [-0.39, 0.29) is 5.82 Å². The van der Waals surface area contributed by atoms with E-state index in [0.717, 1.165) is 17.1 Å². The number of rotatable bonds is 2. The number of nitrogens with zero attached hydrogens (tertiary/aromatic N) is 3. The average molecular weight is 241 g/mol. The second-order valence-electron chi connectivity index (χ2n) is 3.24. The summed E-state index contributed by atoms with van der Waals surface area (Å²) in [4.78, 5) is 14.2. The van der Waals surface area contributed by atoms with Gasteiger partial charge in [0, 0.05) is 18.0 Å². The number of halogens is 3. The molecule has 0 radical (unpaired) electrons. The van der Waals surface area contributed by atoms with Crippen molar-refractivity contribution in [1.82, 2.24) is 14.8 Å². The second kappa shape index (κ2) is 4.00. The molecule has 2 heterocycles. The molecule has 2 rings (SSSR count). The van der Waals surface area contributed by atoms with Crippen LogP contribution >= 0.6 is 0 Å². The zero-order chi connectivity index (χ0) is 12.5. The molecule has 0 bridgehead atoms. The molecule has 0 amide bonds. The fourth-order valence-corrected chi connectivity index (χ4v) is 1.20. The predicted octanol–water partition coefficient (Wildman–Crippen LogP) is 2.10. The number of carbonyl (C=O) groups is 1. The topological polar surface area (TPSA) is 47.8 Å². The van der Waals surface area contributed by atoms with Crippen molar-refractivity contribution in [3.63, 3.8) is 0 Å². The lowest BCUT2D eigenvalue weighted by atomic mass is 10.3. The molecule has 0 saturated carbocycles. The fraction of sp³-hybridized carbons (Fsp3) is 0.100. The Labute approximate surface area is 93.7 Å². The quantitative estimate of drug-likeness (QED) is 0.756. The fourth-order valence-electron chi connectivity index (χ4n) is 1.20. The summed E-state index contributed by atoms with van der Waals surface area (Å²) < 4.78 is 37.9. The highest BCUT2D eigenvalue weighted by Crippen LogP contribution is 2.28. The van der Waals surface area contributed by atoms with E-state index in [4.69, 9.17) is 0 Å². The summed E-state index contributed by atoms with van der Waals surface area (Å²) in [6, 6.07) is 2.86. The Balaban J connectivity index is 2.33. The van der Waals surface area contributed by atoms with Gasteiger partial charge in [0.2, 0.25) is 0 Å². The van der Waals surface area contributed by atoms with E-state index in [1.165, 1.54) is 18.3 Å². The smallest absolute Gasteiger partial charge is 0.298 e. The summed E-state index contributed by atoms with van der Waals surface area (Å²) in [7, 11) is 0. The number of aldehydes is 1. The number of hydrogen-bond donors (Lipinski definition) is 0. The number of hydrogen-bond acceptors (Lipinski definition) is 3. The summed E-state index contributed by atoms with van der Waals surface area (Å²) in [6.07, 6.45) is -1.02. The van der Waals surface area contributed by atoms with E-state index in [2.05, 4.69) is 10.1 Å². The van der Waals surface area contributed by atoms with Crippen LogP contribution in [0, 0.1) is 0 Å². The summed E-state index contributed by atoms with van der Waals surface area (Å²) in [5.74, 6) is 0.214. The second-order valence-corrected chi connectivity index (χ2v) is 3.24. The highest BCUT2D eigenvalue weighted by molar-refractivity contribution is 5.74. The van der Waals surface area contributed by atoms with Crippen molar-refractivity contribution >= 4 is 6.29 Å². The van der Waals surface area contributed by atoms with Crippen molar-refractivity contribution in [3.05, 3.63) is 41.9 Å². The van der Waals surface area contributed by atoms with E-state index in [1.54, 1.807) is 0 Å². The Bertz CT molecular complexity index is 530. The van der Waals surface area contributed by atoms with E-state index in [0.29, 0.717) is 11.8 Å². The lowest BCUT2D eigenvalue weighted by Gasteiger charge is -2.01. The zero-order valence-corrected chi connectivity index (χ0v) is 8.35. The summed E-state index contributed by atoms with van der Waals surface area (Å²) in [6.45, 7) is 0. The Morgan fingerprint density at radius 1 is 1.24 bits per heavy atom. The first-order chi connectivity index (χ1) is 8.00. The van der Waals surface area contributed by atoms with Crippen LogP contribution in [0.1, 0.15) is 15.9 Å². The number of aromatic nitrogens is 3. The third kappa shape index (κ3) is 2.32. The van der Waals surface area contributed by atoms with Gasteiger partial charge in [0.15, 0.2) is 12.1 Å². The van der Waals surface area contributed by atoms with Gasteiger partial charge in [0.05, 0.1) is 11.8 Å². The molecule has 0 aliphatic heterocycles. The van der Waals surface area contributed by atoms with E-state index in [1.807, 2.05) is 0 Å². The lowest BCUT2D eigenvalue weighted by molar-refractivity contribution is -0.137. The van der Waals surface area contributed by atoms with Crippen LogP contribution in [0.25, 0.3) is 5.82 Å². The molecule has 4 nitrogen and oxygen atoms in total. The molecule has 17 heavy (non-hydrogen) atoms. The van der Waals surface area contributed by atoms with E-state index < -0.39 is 11.7 Å². The van der Waals surface area contributed by atoms with Crippen LogP contribution in [0.15, 0.2) is 30.7 Å². The minimum absolute atomic E-state index is 0.214. The highest BCUT2D eigenvalue weighted by atomic mass is 19.4. The molecule has 2 aromatic rings. The maximum atomic E-state index is 12.3. The van der Waals surface area contributed by atoms with E-state index in [9.17, 15) is 18.0 Å². The largest absolute Gasteiger partial charge is 0.419 e. The van der Waals surface area contributed by atoms with Crippen molar-refractivity contribution < 1.29 is 18.0 Å². The Morgan fingerprint density at radius 3 is 2.47 bits per heavy atom.